The van der Waals surface area contributed by atoms with E-state index in [2.05, 4.69) is 22.8 Å². The first-order valence-electron chi connectivity index (χ1n) is 8.44. The monoisotopic (exact) mass is 360 g/mol. The van der Waals surface area contributed by atoms with Crippen LogP contribution in [-0.2, 0) is 22.7 Å². The van der Waals surface area contributed by atoms with Crippen LogP contribution in [0, 0.1) is 11.8 Å². The summed E-state index contributed by atoms with van der Waals surface area (Å²) < 4.78 is 5.72. The molecule has 0 spiro atoms. The number of rotatable bonds is 7. The number of carbonyl (C=O) groups is 1. The summed E-state index contributed by atoms with van der Waals surface area (Å²) in [6.07, 6.45) is 0. The standard InChI is InChI=1S/C20H24N2O2.ClH/c1-15(18-11-21-12-18)20(23)22-19-9-7-17(8-10-19)14-24-13-16-5-3-2-4-6-16;/h2-10,15,18,21H,11-14H2,1H3,(H,22,23);1H. The summed E-state index contributed by atoms with van der Waals surface area (Å²) in [6, 6.07) is 18.0. The van der Waals surface area contributed by atoms with Gasteiger partial charge in [-0.15, -0.1) is 12.4 Å². The van der Waals surface area contributed by atoms with Crippen LogP contribution in [0.5, 0.6) is 0 Å². The molecule has 2 N–H and O–H groups in total. The molecule has 2 aromatic rings. The summed E-state index contributed by atoms with van der Waals surface area (Å²) in [6.45, 7) is 5.03. The second kappa shape index (κ2) is 9.56. The van der Waals surface area contributed by atoms with E-state index >= 15 is 0 Å². The minimum atomic E-state index is 0. The first-order chi connectivity index (χ1) is 11.7. The van der Waals surface area contributed by atoms with Crippen molar-refractivity contribution in [3.05, 3.63) is 65.7 Å². The number of amides is 1. The van der Waals surface area contributed by atoms with Crippen LogP contribution in [0.25, 0.3) is 0 Å². The van der Waals surface area contributed by atoms with Crippen LogP contribution < -0.4 is 10.6 Å². The van der Waals surface area contributed by atoms with Crippen molar-refractivity contribution in [2.75, 3.05) is 18.4 Å². The quantitative estimate of drug-likeness (QED) is 0.792. The van der Waals surface area contributed by atoms with E-state index in [1.54, 1.807) is 0 Å². The normalized spacial score (nSPS) is 14.9. The summed E-state index contributed by atoms with van der Waals surface area (Å²) >= 11 is 0. The summed E-state index contributed by atoms with van der Waals surface area (Å²) in [5.41, 5.74) is 3.10. The van der Waals surface area contributed by atoms with Crippen molar-refractivity contribution < 1.29 is 9.53 Å². The fraction of sp³-hybridized carbons (Fsp3) is 0.350. The molecule has 1 saturated heterocycles. The molecule has 1 heterocycles. The first kappa shape index (κ1) is 19.4. The molecule has 3 rings (SSSR count). The number of nitrogens with one attached hydrogen (secondary N) is 2. The largest absolute Gasteiger partial charge is 0.372 e. The van der Waals surface area contributed by atoms with Crippen LogP contribution in [-0.4, -0.2) is 19.0 Å². The van der Waals surface area contributed by atoms with Crippen LogP contribution in [0.2, 0.25) is 0 Å². The molecule has 0 aliphatic carbocycles. The van der Waals surface area contributed by atoms with Crippen LogP contribution in [0.4, 0.5) is 5.69 Å². The van der Waals surface area contributed by atoms with Gasteiger partial charge in [0.15, 0.2) is 0 Å². The van der Waals surface area contributed by atoms with Crippen molar-refractivity contribution in [3.63, 3.8) is 0 Å². The maximum Gasteiger partial charge on any atom is 0.227 e. The highest BCUT2D eigenvalue weighted by Gasteiger charge is 2.28. The molecule has 5 heteroatoms. The predicted molar refractivity (Wildman–Crippen MR) is 103 cm³/mol. The number of hydrogen-bond acceptors (Lipinski definition) is 3. The zero-order chi connectivity index (χ0) is 16.8. The van der Waals surface area contributed by atoms with Crippen LogP contribution >= 0.6 is 12.4 Å². The van der Waals surface area contributed by atoms with Gasteiger partial charge in [-0.2, -0.15) is 0 Å². The topological polar surface area (TPSA) is 50.4 Å². The van der Waals surface area contributed by atoms with Gasteiger partial charge in [-0.1, -0.05) is 49.4 Å². The van der Waals surface area contributed by atoms with Crippen molar-refractivity contribution in [1.82, 2.24) is 5.32 Å². The van der Waals surface area contributed by atoms with Gasteiger partial charge in [0.1, 0.15) is 0 Å². The Balaban J connectivity index is 0.00000225. The molecule has 134 valence electrons. The lowest BCUT2D eigenvalue weighted by Gasteiger charge is -2.31. The molecule has 1 aliphatic rings. The molecule has 0 aromatic heterocycles. The van der Waals surface area contributed by atoms with E-state index in [9.17, 15) is 4.79 Å². The van der Waals surface area contributed by atoms with E-state index in [0.717, 1.165) is 24.3 Å². The Labute approximate surface area is 155 Å². The molecule has 1 fully saturated rings. The molecular formula is C20H25ClN2O2. The van der Waals surface area contributed by atoms with Gasteiger partial charge in [0.05, 0.1) is 13.2 Å². The Kier molecular flexibility index (Phi) is 7.44. The van der Waals surface area contributed by atoms with Gasteiger partial charge in [-0.25, -0.2) is 0 Å². The highest BCUT2D eigenvalue weighted by atomic mass is 35.5. The van der Waals surface area contributed by atoms with Gasteiger partial charge >= 0.3 is 0 Å². The summed E-state index contributed by atoms with van der Waals surface area (Å²) in [4.78, 5) is 12.2. The van der Waals surface area contributed by atoms with Crippen molar-refractivity contribution in [1.29, 1.82) is 0 Å². The van der Waals surface area contributed by atoms with Crippen LogP contribution in [0.1, 0.15) is 18.1 Å². The zero-order valence-corrected chi connectivity index (χ0v) is 15.2. The zero-order valence-electron chi connectivity index (χ0n) is 14.4. The van der Waals surface area contributed by atoms with Gasteiger partial charge in [0.2, 0.25) is 5.91 Å². The van der Waals surface area contributed by atoms with Crippen molar-refractivity contribution in [2.45, 2.75) is 20.1 Å². The smallest absolute Gasteiger partial charge is 0.227 e. The van der Waals surface area contributed by atoms with E-state index in [1.807, 2.05) is 49.4 Å². The number of halogens is 1. The highest BCUT2D eigenvalue weighted by Crippen LogP contribution is 2.19. The molecule has 4 nitrogen and oxygen atoms in total. The third kappa shape index (κ3) is 5.56. The van der Waals surface area contributed by atoms with Gasteiger partial charge in [-0.3, -0.25) is 4.79 Å². The minimum Gasteiger partial charge on any atom is -0.372 e. The van der Waals surface area contributed by atoms with E-state index in [1.165, 1.54) is 5.56 Å². The molecular weight excluding hydrogens is 336 g/mol. The van der Waals surface area contributed by atoms with Gasteiger partial charge in [-0.05, 0) is 42.3 Å². The van der Waals surface area contributed by atoms with Gasteiger partial charge in [0.25, 0.3) is 0 Å². The molecule has 0 radical (unpaired) electrons. The lowest BCUT2D eigenvalue weighted by atomic mass is 9.88. The molecule has 1 aliphatic heterocycles. The predicted octanol–water partition coefficient (Wildman–Crippen LogP) is 3.62. The number of hydrogen-bond donors (Lipinski definition) is 2. The highest BCUT2D eigenvalue weighted by molar-refractivity contribution is 5.92. The Morgan fingerprint density at radius 2 is 1.68 bits per heavy atom. The lowest BCUT2D eigenvalue weighted by molar-refractivity contribution is -0.121. The molecule has 1 atom stereocenters. The van der Waals surface area contributed by atoms with Crippen LogP contribution in [0.15, 0.2) is 54.6 Å². The van der Waals surface area contributed by atoms with Crippen molar-refractivity contribution in [2.24, 2.45) is 11.8 Å². The molecule has 25 heavy (non-hydrogen) atoms. The van der Waals surface area contributed by atoms with Crippen LogP contribution in [0.3, 0.4) is 0 Å². The average molecular weight is 361 g/mol. The summed E-state index contributed by atoms with van der Waals surface area (Å²) in [7, 11) is 0. The van der Waals surface area contributed by atoms with E-state index < -0.39 is 0 Å². The summed E-state index contributed by atoms with van der Waals surface area (Å²) in [5, 5.41) is 6.20. The average Bonchev–Trinajstić information content (AvgIpc) is 2.56. The SMILES string of the molecule is CC(C(=O)Nc1ccc(COCc2ccccc2)cc1)C1CNC1.Cl. The Morgan fingerprint density at radius 1 is 1.08 bits per heavy atom. The van der Waals surface area contributed by atoms with E-state index in [-0.39, 0.29) is 24.2 Å². The Morgan fingerprint density at radius 3 is 2.24 bits per heavy atom. The third-order valence-electron chi connectivity index (χ3n) is 4.54. The molecule has 0 bridgehead atoms. The maximum absolute atomic E-state index is 12.2. The van der Waals surface area contributed by atoms with Gasteiger partial charge < -0.3 is 15.4 Å². The number of anilines is 1. The van der Waals surface area contributed by atoms with Crippen molar-refractivity contribution >= 4 is 24.0 Å². The fourth-order valence-electron chi connectivity index (χ4n) is 2.68. The van der Waals surface area contributed by atoms with Gasteiger partial charge in [0, 0.05) is 11.6 Å². The minimum absolute atomic E-state index is 0. The van der Waals surface area contributed by atoms with E-state index in [0.29, 0.717) is 19.1 Å². The fourth-order valence-corrected chi connectivity index (χ4v) is 2.68. The number of carbonyl (C=O) groups excluding carboxylic acids is 1. The lowest BCUT2D eigenvalue weighted by Crippen LogP contribution is -2.48. The number of ether oxygens (including phenoxy) is 1. The second-order valence-corrected chi connectivity index (χ2v) is 6.37. The van der Waals surface area contributed by atoms with E-state index in [4.69, 9.17) is 4.74 Å². The molecule has 1 amide bonds. The summed E-state index contributed by atoms with van der Waals surface area (Å²) in [5.74, 6) is 0.588. The van der Waals surface area contributed by atoms with Crippen molar-refractivity contribution in [3.8, 4) is 0 Å². The first-order valence-corrected chi connectivity index (χ1v) is 8.44. The Bertz CT molecular complexity index is 657. The molecule has 1 unspecified atom stereocenters. The third-order valence-corrected chi connectivity index (χ3v) is 4.54. The second-order valence-electron chi connectivity index (χ2n) is 6.37. The molecule has 2 aromatic carbocycles. The molecule has 0 saturated carbocycles. The number of benzene rings is 2. The Hall–Kier alpha value is -1.88. The maximum atomic E-state index is 12.2.